The average Bonchev–Trinajstić information content (AvgIpc) is 2.78. The van der Waals surface area contributed by atoms with Crippen molar-refractivity contribution in [2.45, 2.75) is 75.2 Å². The van der Waals surface area contributed by atoms with Crippen LogP contribution in [0.4, 0.5) is 0 Å². The number of nitrogens with zero attached hydrogens (tertiary/aromatic N) is 1. The summed E-state index contributed by atoms with van der Waals surface area (Å²) in [5, 5.41) is 0. The van der Waals surface area contributed by atoms with Crippen LogP contribution in [-0.4, -0.2) is 12.3 Å². The highest BCUT2D eigenvalue weighted by molar-refractivity contribution is 6.03. The lowest BCUT2D eigenvalue weighted by Crippen LogP contribution is -2.04. The van der Waals surface area contributed by atoms with E-state index in [9.17, 15) is 0 Å². The molecule has 1 rings (SSSR count). The van der Waals surface area contributed by atoms with Crippen molar-refractivity contribution in [1.82, 2.24) is 0 Å². The Morgan fingerprint density at radius 3 is 1.94 bits per heavy atom. The van der Waals surface area contributed by atoms with Crippen molar-refractivity contribution in [3.05, 3.63) is 11.6 Å². The first-order valence-electron chi connectivity index (χ1n) is 7.49. The van der Waals surface area contributed by atoms with Crippen molar-refractivity contribution in [2.75, 3.05) is 6.54 Å². The predicted molar refractivity (Wildman–Crippen MR) is 84.2 cm³/mol. The summed E-state index contributed by atoms with van der Waals surface area (Å²) >= 11 is 0. The molecule has 0 spiro atoms. The molecule has 1 nitrogen and oxygen atoms in total. The summed E-state index contributed by atoms with van der Waals surface area (Å²) < 4.78 is 0. The molecule has 1 fully saturated rings. The van der Waals surface area contributed by atoms with Crippen molar-refractivity contribution in [3.63, 3.8) is 0 Å². The number of rotatable bonds is 1. The van der Waals surface area contributed by atoms with Crippen molar-refractivity contribution in [1.29, 1.82) is 0 Å². The summed E-state index contributed by atoms with van der Waals surface area (Å²) in [6.45, 7) is 19.4. The Balaban J connectivity index is -0.000000285. The zero-order chi connectivity index (χ0) is 14.3. The molecule has 0 N–H and O–H groups in total. The third-order valence-electron chi connectivity index (χ3n) is 2.32. The molecule has 0 aliphatic heterocycles. The molecular formula is C16H35N. The van der Waals surface area contributed by atoms with E-state index >= 15 is 0 Å². The van der Waals surface area contributed by atoms with Crippen LogP contribution in [0.25, 0.3) is 0 Å². The monoisotopic (exact) mass is 241 g/mol. The van der Waals surface area contributed by atoms with Gasteiger partial charge >= 0.3 is 0 Å². The number of aliphatic imine (C=N–C) groups is 1. The minimum atomic E-state index is 0.696. The zero-order valence-electron chi connectivity index (χ0n) is 13.7. The van der Waals surface area contributed by atoms with Gasteiger partial charge in [-0.1, -0.05) is 54.5 Å². The topological polar surface area (TPSA) is 12.4 Å². The Labute approximate surface area is 110 Å². The van der Waals surface area contributed by atoms with E-state index in [4.69, 9.17) is 0 Å². The Morgan fingerprint density at radius 1 is 1.12 bits per heavy atom. The first-order chi connectivity index (χ1) is 8.29. The van der Waals surface area contributed by atoms with Gasteiger partial charge in [-0.05, 0) is 38.2 Å². The maximum Gasteiger partial charge on any atom is 0.0405 e. The second-order valence-corrected chi connectivity index (χ2v) is 3.11. The summed E-state index contributed by atoms with van der Waals surface area (Å²) in [4.78, 5) is 4.51. The van der Waals surface area contributed by atoms with Crippen LogP contribution in [0.1, 0.15) is 75.2 Å². The molecule has 0 aromatic rings. The fourth-order valence-electron chi connectivity index (χ4n) is 1.67. The van der Waals surface area contributed by atoms with E-state index in [-0.39, 0.29) is 0 Å². The molecule has 0 aromatic carbocycles. The molecule has 0 heterocycles. The Morgan fingerprint density at radius 2 is 1.59 bits per heavy atom. The van der Waals surface area contributed by atoms with Gasteiger partial charge in [0.05, 0.1) is 0 Å². The van der Waals surface area contributed by atoms with Crippen LogP contribution in [0.15, 0.2) is 16.6 Å². The molecule has 0 saturated heterocycles. The van der Waals surface area contributed by atoms with E-state index in [1.54, 1.807) is 0 Å². The highest BCUT2D eigenvalue weighted by atomic mass is 14.7. The Kier molecular flexibility index (Phi) is 22.7. The third kappa shape index (κ3) is 9.14. The van der Waals surface area contributed by atoms with Gasteiger partial charge in [0.1, 0.15) is 0 Å². The fraction of sp³-hybridized carbons (Fsp3) is 0.812. The number of hydrogen-bond acceptors (Lipinski definition) is 1. The molecule has 0 amide bonds. The minimum absolute atomic E-state index is 0.696. The highest BCUT2D eigenvalue weighted by Gasteiger charge is 2.21. The van der Waals surface area contributed by atoms with Crippen molar-refractivity contribution < 1.29 is 0 Å². The Bertz CT molecular complexity index is 190. The largest absolute Gasteiger partial charge is 0.290 e. The van der Waals surface area contributed by atoms with Crippen molar-refractivity contribution >= 4 is 5.71 Å². The maximum absolute atomic E-state index is 4.51. The molecule has 0 radical (unpaired) electrons. The van der Waals surface area contributed by atoms with Gasteiger partial charge in [-0.15, -0.1) is 0 Å². The molecule has 1 heteroatoms. The lowest BCUT2D eigenvalue weighted by atomic mass is 10.1. The molecule has 0 bridgehead atoms. The molecule has 1 aliphatic carbocycles. The Hall–Kier alpha value is -0.590. The van der Waals surface area contributed by atoms with Gasteiger partial charge in [0.15, 0.2) is 0 Å². The van der Waals surface area contributed by atoms with Crippen LogP contribution in [0.2, 0.25) is 0 Å². The zero-order valence-corrected chi connectivity index (χ0v) is 13.7. The molecule has 1 saturated carbocycles. The van der Waals surface area contributed by atoms with E-state index in [0.717, 1.165) is 6.54 Å². The summed E-state index contributed by atoms with van der Waals surface area (Å²) in [6, 6.07) is 0. The SMILES string of the molecule is C/C=C1/CCC(C)C1=NCC.CC.CC.CC. The van der Waals surface area contributed by atoms with E-state index in [1.165, 1.54) is 24.1 Å². The van der Waals surface area contributed by atoms with Crippen molar-refractivity contribution in [3.8, 4) is 0 Å². The van der Waals surface area contributed by atoms with Gasteiger partial charge in [0, 0.05) is 12.3 Å². The highest BCUT2D eigenvalue weighted by Crippen LogP contribution is 2.27. The smallest absolute Gasteiger partial charge is 0.0405 e. The van der Waals surface area contributed by atoms with Crippen LogP contribution >= 0.6 is 0 Å². The van der Waals surface area contributed by atoms with Gasteiger partial charge < -0.3 is 0 Å². The molecule has 1 unspecified atom stereocenters. The van der Waals surface area contributed by atoms with Crippen LogP contribution in [0.5, 0.6) is 0 Å². The van der Waals surface area contributed by atoms with Gasteiger partial charge in [-0.3, -0.25) is 4.99 Å². The van der Waals surface area contributed by atoms with Crippen molar-refractivity contribution in [2.24, 2.45) is 10.9 Å². The molecule has 1 atom stereocenters. The maximum atomic E-state index is 4.51. The minimum Gasteiger partial charge on any atom is -0.290 e. The summed E-state index contributed by atoms with van der Waals surface area (Å²) in [5.74, 6) is 0.696. The molecule has 1 aliphatic rings. The van der Waals surface area contributed by atoms with E-state index < -0.39 is 0 Å². The van der Waals surface area contributed by atoms with E-state index in [0.29, 0.717) is 5.92 Å². The number of allylic oxidation sites excluding steroid dienone is 2. The summed E-state index contributed by atoms with van der Waals surface area (Å²) in [6.07, 6.45) is 4.73. The average molecular weight is 241 g/mol. The second kappa shape index (κ2) is 17.8. The summed E-state index contributed by atoms with van der Waals surface area (Å²) in [5.41, 5.74) is 2.83. The van der Waals surface area contributed by atoms with Gasteiger partial charge in [0.25, 0.3) is 0 Å². The normalized spacial score (nSPS) is 21.8. The molecule has 17 heavy (non-hydrogen) atoms. The summed E-state index contributed by atoms with van der Waals surface area (Å²) in [7, 11) is 0. The van der Waals surface area contributed by atoms with Crippen LogP contribution in [0, 0.1) is 5.92 Å². The number of hydrogen-bond donors (Lipinski definition) is 0. The van der Waals surface area contributed by atoms with Gasteiger partial charge in [0.2, 0.25) is 0 Å². The van der Waals surface area contributed by atoms with Crippen LogP contribution in [0.3, 0.4) is 0 Å². The first-order valence-corrected chi connectivity index (χ1v) is 7.49. The molecule has 104 valence electrons. The van der Waals surface area contributed by atoms with E-state index in [2.05, 4.69) is 31.8 Å². The second-order valence-electron chi connectivity index (χ2n) is 3.11. The lowest BCUT2D eigenvalue weighted by Gasteiger charge is -2.03. The lowest BCUT2D eigenvalue weighted by molar-refractivity contribution is 0.738. The van der Waals surface area contributed by atoms with Gasteiger partial charge in [-0.2, -0.15) is 0 Å². The molecule has 0 aromatic heterocycles. The van der Waals surface area contributed by atoms with Crippen LogP contribution in [-0.2, 0) is 0 Å². The fourth-order valence-corrected chi connectivity index (χ4v) is 1.67. The van der Waals surface area contributed by atoms with Crippen LogP contribution < -0.4 is 0 Å². The molecular weight excluding hydrogens is 206 g/mol. The predicted octanol–water partition coefficient (Wildman–Crippen LogP) is 5.90. The van der Waals surface area contributed by atoms with Gasteiger partial charge in [-0.25, -0.2) is 0 Å². The quantitative estimate of drug-likeness (QED) is 0.542. The first kappa shape index (κ1) is 21.7. The van der Waals surface area contributed by atoms with E-state index in [1.807, 2.05) is 41.5 Å². The third-order valence-corrected chi connectivity index (χ3v) is 2.32. The standard InChI is InChI=1S/C10H17N.3C2H6/c1-4-9-7-6-8(3)10(9)11-5-2;3*1-2/h4,8H,5-7H2,1-3H3;3*1-2H3/b9-4-,11-10?;;;.